The van der Waals surface area contributed by atoms with Crippen LogP contribution in [0.1, 0.15) is 38.8 Å². The number of hydrogen-bond acceptors (Lipinski definition) is 3. The molecule has 0 saturated carbocycles. The maximum absolute atomic E-state index is 5.75. The Bertz CT molecular complexity index is 358. The molecule has 2 N–H and O–H groups in total. The van der Waals surface area contributed by atoms with E-state index in [4.69, 9.17) is 5.73 Å². The van der Waals surface area contributed by atoms with E-state index in [0.717, 1.165) is 19.6 Å². The summed E-state index contributed by atoms with van der Waals surface area (Å²) in [5, 5.41) is 4.39. The Morgan fingerprint density at radius 2 is 2.29 bits per heavy atom. The molecule has 1 aliphatic rings. The van der Waals surface area contributed by atoms with Gasteiger partial charge < -0.3 is 5.73 Å². The zero-order chi connectivity index (χ0) is 12.4. The Morgan fingerprint density at radius 3 is 2.82 bits per heavy atom. The maximum atomic E-state index is 5.75. The number of rotatable bonds is 4. The number of hydrogen-bond donors (Lipinski definition) is 1. The first-order valence-electron chi connectivity index (χ1n) is 6.57. The minimum Gasteiger partial charge on any atom is -0.330 e. The molecule has 2 heterocycles. The molecule has 0 bridgehead atoms. The largest absolute Gasteiger partial charge is 0.330 e. The lowest BCUT2D eigenvalue weighted by Gasteiger charge is -2.19. The SMILES string of the molecule is CC1CC(CN)CN1Cc1cnn(C(C)C)c1. The van der Waals surface area contributed by atoms with Crippen LogP contribution in [0.2, 0.25) is 0 Å². The van der Waals surface area contributed by atoms with Crippen molar-refractivity contribution in [1.82, 2.24) is 14.7 Å². The molecular weight excluding hydrogens is 212 g/mol. The molecule has 1 aromatic rings. The molecule has 17 heavy (non-hydrogen) atoms. The molecule has 4 nitrogen and oxygen atoms in total. The fraction of sp³-hybridized carbons (Fsp3) is 0.769. The van der Waals surface area contributed by atoms with E-state index in [1.165, 1.54) is 12.0 Å². The average molecular weight is 236 g/mol. The normalized spacial score (nSPS) is 25.9. The Morgan fingerprint density at radius 1 is 1.53 bits per heavy atom. The highest BCUT2D eigenvalue weighted by Gasteiger charge is 2.28. The van der Waals surface area contributed by atoms with Crippen molar-refractivity contribution in [3.63, 3.8) is 0 Å². The van der Waals surface area contributed by atoms with E-state index >= 15 is 0 Å². The van der Waals surface area contributed by atoms with Gasteiger partial charge in [0.05, 0.1) is 6.20 Å². The van der Waals surface area contributed by atoms with Gasteiger partial charge in [0.1, 0.15) is 0 Å². The van der Waals surface area contributed by atoms with Crippen molar-refractivity contribution in [1.29, 1.82) is 0 Å². The van der Waals surface area contributed by atoms with Crippen LogP contribution in [-0.4, -0.2) is 33.8 Å². The third kappa shape index (κ3) is 2.87. The van der Waals surface area contributed by atoms with Crippen molar-refractivity contribution < 1.29 is 0 Å². The summed E-state index contributed by atoms with van der Waals surface area (Å²) < 4.78 is 2.02. The fourth-order valence-corrected chi connectivity index (χ4v) is 2.58. The Kier molecular flexibility index (Phi) is 3.84. The van der Waals surface area contributed by atoms with Gasteiger partial charge in [-0.3, -0.25) is 9.58 Å². The lowest BCUT2D eigenvalue weighted by atomic mass is 10.1. The zero-order valence-corrected chi connectivity index (χ0v) is 11.1. The summed E-state index contributed by atoms with van der Waals surface area (Å²) >= 11 is 0. The molecular formula is C13H24N4. The van der Waals surface area contributed by atoms with Crippen LogP contribution in [0.3, 0.4) is 0 Å². The van der Waals surface area contributed by atoms with E-state index in [1.54, 1.807) is 0 Å². The second-order valence-corrected chi connectivity index (χ2v) is 5.54. The van der Waals surface area contributed by atoms with Gasteiger partial charge in [0, 0.05) is 36.9 Å². The molecule has 0 aliphatic carbocycles. The first-order chi connectivity index (χ1) is 8.10. The van der Waals surface area contributed by atoms with Gasteiger partial charge in [0.2, 0.25) is 0 Å². The molecule has 2 atom stereocenters. The van der Waals surface area contributed by atoms with Crippen LogP contribution >= 0.6 is 0 Å². The number of nitrogens with two attached hydrogens (primary N) is 1. The third-order valence-corrected chi connectivity index (χ3v) is 3.69. The predicted octanol–water partition coefficient (Wildman–Crippen LogP) is 1.63. The lowest BCUT2D eigenvalue weighted by Crippen LogP contribution is -2.27. The standard InChI is InChI=1S/C13H24N4/c1-10(2)17-9-13(6-15-17)8-16-7-12(5-14)4-11(16)3/h6,9-12H,4-5,7-8,14H2,1-3H3. The Labute approximate surface area is 104 Å². The number of likely N-dealkylation sites (tertiary alicyclic amines) is 1. The Hall–Kier alpha value is -0.870. The first kappa shape index (κ1) is 12.6. The minimum atomic E-state index is 0.441. The number of aromatic nitrogens is 2. The summed E-state index contributed by atoms with van der Waals surface area (Å²) in [4.78, 5) is 2.51. The van der Waals surface area contributed by atoms with Crippen molar-refractivity contribution >= 4 is 0 Å². The first-order valence-corrected chi connectivity index (χ1v) is 6.57. The van der Waals surface area contributed by atoms with Gasteiger partial charge in [-0.15, -0.1) is 0 Å². The van der Waals surface area contributed by atoms with Crippen LogP contribution in [0.5, 0.6) is 0 Å². The highest BCUT2D eigenvalue weighted by Crippen LogP contribution is 2.24. The van der Waals surface area contributed by atoms with E-state index < -0.39 is 0 Å². The van der Waals surface area contributed by atoms with Gasteiger partial charge >= 0.3 is 0 Å². The third-order valence-electron chi connectivity index (χ3n) is 3.69. The summed E-state index contributed by atoms with van der Waals surface area (Å²) in [6.07, 6.45) is 5.38. The quantitative estimate of drug-likeness (QED) is 0.864. The van der Waals surface area contributed by atoms with Crippen LogP contribution in [-0.2, 0) is 6.54 Å². The second-order valence-electron chi connectivity index (χ2n) is 5.54. The zero-order valence-electron chi connectivity index (χ0n) is 11.1. The van der Waals surface area contributed by atoms with E-state index in [2.05, 4.69) is 37.0 Å². The van der Waals surface area contributed by atoms with Crippen molar-refractivity contribution in [2.24, 2.45) is 11.7 Å². The molecule has 0 radical (unpaired) electrons. The van der Waals surface area contributed by atoms with Gasteiger partial charge in [-0.25, -0.2) is 0 Å². The van der Waals surface area contributed by atoms with Crippen molar-refractivity contribution in [2.75, 3.05) is 13.1 Å². The van der Waals surface area contributed by atoms with E-state index in [-0.39, 0.29) is 0 Å². The van der Waals surface area contributed by atoms with Crippen LogP contribution in [0.25, 0.3) is 0 Å². The number of nitrogens with zero attached hydrogens (tertiary/aromatic N) is 3. The molecule has 0 amide bonds. The van der Waals surface area contributed by atoms with E-state index in [0.29, 0.717) is 18.0 Å². The van der Waals surface area contributed by atoms with Crippen LogP contribution < -0.4 is 5.73 Å². The minimum absolute atomic E-state index is 0.441. The summed E-state index contributed by atoms with van der Waals surface area (Å²) in [5.74, 6) is 0.671. The smallest absolute Gasteiger partial charge is 0.0534 e. The molecule has 96 valence electrons. The van der Waals surface area contributed by atoms with Crippen LogP contribution in [0.15, 0.2) is 12.4 Å². The van der Waals surface area contributed by atoms with E-state index in [9.17, 15) is 0 Å². The van der Waals surface area contributed by atoms with Crippen molar-refractivity contribution in [2.45, 2.75) is 45.8 Å². The Balaban J connectivity index is 1.96. The van der Waals surface area contributed by atoms with Crippen LogP contribution in [0, 0.1) is 5.92 Å². The molecule has 1 aliphatic heterocycles. The molecule has 2 unspecified atom stereocenters. The van der Waals surface area contributed by atoms with Crippen molar-refractivity contribution in [3.8, 4) is 0 Å². The predicted molar refractivity (Wildman–Crippen MR) is 69.6 cm³/mol. The topological polar surface area (TPSA) is 47.1 Å². The fourth-order valence-electron chi connectivity index (χ4n) is 2.58. The lowest BCUT2D eigenvalue weighted by molar-refractivity contribution is 0.256. The van der Waals surface area contributed by atoms with Gasteiger partial charge in [0.15, 0.2) is 0 Å². The van der Waals surface area contributed by atoms with Crippen molar-refractivity contribution in [3.05, 3.63) is 18.0 Å². The monoisotopic (exact) mass is 236 g/mol. The molecule has 0 spiro atoms. The summed E-state index contributed by atoms with van der Waals surface area (Å²) in [6.45, 7) is 9.54. The molecule has 0 aromatic carbocycles. The summed E-state index contributed by atoms with van der Waals surface area (Å²) in [5.41, 5.74) is 7.06. The van der Waals surface area contributed by atoms with Gasteiger partial charge in [0.25, 0.3) is 0 Å². The molecule has 1 fully saturated rings. The molecule has 1 aromatic heterocycles. The second kappa shape index (κ2) is 5.19. The molecule has 4 heteroatoms. The summed E-state index contributed by atoms with van der Waals surface area (Å²) in [6, 6.07) is 1.09. The van der Waals surface area contributed by atoms with Gasteiger partial charge in [-0.2, -0.15) is 5.10 Å². The summed E-state index contributed by atoms with van der Waals surface area (Å²) in [7, 11) is 0. The van der Waals surface area contributed by atoms with Gasteiger partial charge in [-0.05, 0) is 39.7 Å². The molecule has 1 saturated heterocycles. The highest BCUT2D eigenvalue weighted by molar-refractivity contribution is 5.05. The van der Waals surface area contributed by atoms with Gasteiger partial charge in [-0.1, -0.05) is 0 Å². The van der Waals surface area contributed by atoms with E-state index in [1.807, 2.05) is 10.9 Å². The molecule has 2 rings (SSSR count). The van der Waals surface area contributed by atoms with Crippen LogP contribution in [0.4, 0.5) is 0 Å². The maximum Gasteiger partial charge on any atom is 0.0534 e. The average Bonchev–Trinajstić information content (AvgIpc) is 2.87. The highest BCUT2D eigenvalue weighted by atomic mass is 15.3.